The zero-order valence-corrected chi connectivity index (χ0v) is 12.9. The molecule has 2 aromatic rings. The largest absolute Gasteiger partial charge is 0.496 e. The number of thiophene rings is 1. The van der Waals surface area contributed by atoms with E-state index in [4.69, 9.17) is 39.5 Å². The number of benzene rings is 1. The molecule has 0 bridgehead atoms. The van der Waals surface area contributed by atoms with Crippen molar-refractivity contribution in [3.8, 4) is 5.75 Å². The summed E-state index contributed by atoms with van der Waals surface area (Å²) in [6.45, 7) is 2.01. The van der Waals surface area contributed by atoms with Crippen LogP contribution in [0.3, 0.4) is 0 Å². The van der Waals surface area contributed by atoms with Crippen LogP contribution in [0.25, 0.3) is 0 Å². The maximum absolute atomic E-state index is 6.49. The minimum Gasteiger partial charge on any atom is -0.496 e. The van der Waals surface area contributed by atoms with Gasteiger partial charge in [-0.15, -0.1) is 22.9 Å². The van der Waals surface area contributed by atoms with Gasteiger partial charge in [-0.1, -0.05) is 40.9 Å². The van der Waals surface area contributed by atoms with E-state index in [1.54, 1.807) is 13.2 Å². The van der Waals surface area contributed by atoms with Gasteiger partial charge >= 0.3 is 0 Å². The Morgan fingerprint density at radius 2 is 1.89 bits per heavy atom. The molecule has 2 rings (SSSR count). The van der Waals surface area contributed by atoms with Gasteiger partial charge in [-0.05, 0) is 19.1 Å². The van der Waals surface area contributed by atoms with Crippen molar-refractivity contribution in [1.29, 1.82) is 0 Å². The summed E-state index contributed by atoms with van der Waals surface area (Å²) in [7, 11) is 1.62. The molecule has 0 saturated carbocycles. The second kappa shape index (κ2) is 5.70. The lowest BCUT2D eigenvalue weighted by Gasteiger charge is -2.14. The third-order valence-corrected chi connectivity index (χ3v) is 4.60. The Balaban J connectivity index is 2.48. The highest BCUT2D eigenvalue weighted by molar-refractivity contribution is 7.20. The zero-order chi connectivity index (χ0) is 13.3. The molecule has 1 nitrogen and oxygen atoms in total. The van der Waals surface area contributed by atoms with Crippen molar-refractivity contribution in [2.75, 3.05) is 7.11 Å². The second-order valence-corrected chi connectivity index (χ2v) is 6.61. The van der Waals surface area contributed by atoms with E-state index in [0.717, 1.165) is 22.4 Å². The summed E-state index contributed by atoms with van der Waals surface area (Å²) >= 11 is 19.9. The van der Waals surface area contributed by atoms with Crippen molar-refractivity contribution in [3.05, 3.63) is 49.6 Å². The lowest BCUT2D eigenvalue weighted by Crippen LogP contribution is -1.97. The molecule has 0 aliphatic rings. The van der Waals surface area contributed by atoms with Gasteiger partial charge in [0.1, 0.15) is 5.75 Å². The summed E-state index contributed by atoms with van der Waals surface area (Å²) in [5.41, 5.74) is 2.83. The van der Waals surface area contributed by atoms with Gasteiger partial charge in [0.2, 0.25) is 0 Å². The fourth-order valence-corrected chi connectivity index (χ4v) is 3.74. The van der Waals surface area contributed by atoms with Gasteiger partial charge in [-0.25, -0.2) is 0 Å². The minimum absolute atomic E-state index is 0.365. The Hall–Kier alpha value is -0.410. The van der Waals surface area contributed by atoms with Crippen LogP contribution >= 0.6 is 46.1 Å². The average Bonchev–Trinajstić information content (AvgIpc) is 2.67. The molecule has 96 valence electrons. The van der Waals surface area contributed by atoms with Crippen LogP contribution in [0.15, 0.2) is 24.3 Å². The molecular formula is C13H11Cl3OS. The first-order valence-electron chi connectivity index (χ1n) is 5.26. The highest BCUT2D eigenvalue weighted by atomic mass is 35.5. The lowest BCUT2D eigenvalue weighted by molar-refractivity contribution is 0.410. The summed E-state index contributed by atoms with van der Waals surface area (Å²) in [5, 5.41) is -0.365. The Labute approximate surface area is 125 Å². The van der Waals surface area contributed by atoms with Crippen molar-refractivity contribution >= 4 is 46.1 Å². The highest BCUT2D eigenvalue weighted by Crippen LogP contribution is 2.43. The molecule has 1 unspecified atom stereocenters. The molecule has 1 aromatic carbocycles. The second-order valence-electron chi connectivity index (χ2n) is 3.89. The zero-order valence-electron chi connectivity index (χ0n) is 9.84. The quantitative estimate of drug-likeness (QED) is 0.659. The number of methoxy groups -OCH3 is 1. The van der Waals surface area contributed by atoms with Gasteiger partial charge in [-0.3, -0.25) is 0 Å². The fourth-order valence-electron chi connectivity index (χ4n) is 1.75. The lowest BCUT2D eigenvalue weighted by atomic mass is 10.0. The van der Waals surface area contributed by atoms with Crippen LogP contribution in [-0.2, 0) is 0 Å². The van der Waals surface area contributed by atoms with Crippen molar-refractivity contribution in [3.63, 3.8) is 0 Å². The van der Waals surface area contributed by atoms with Crippen LogP contribution in [0.4, 0.5) is 0 Å². The highest BCUT2D eigenvalue weighted by Gasteiger charge is 2.20. The molecule has 18 heavy (non-hydrogen) atoms. The molecule has 0 amide bonds. The molecular weight excluding hydrogens is 311 g/mol. The summed E-state index contributed by atoms with van der Waals surface area (Å²) in [6, 6.07) is 7.68. The van der Waals surface area contributed by atoms with E-state index in [1.807, 2.05) is 25.1 Å². The van der Waals surface area contributed by atoms with Crippen LogP contribution in [-0.4, -0.2) is 7.11 Å². The van der Waals surface area contributed by atoms with Crippen molar-refractivity contribution in [1.82, 2.24) is 0 Å². The van der Waals surface area contributed by atoms with E-state index in [0.29, 0.717) is 8.67 Å². The topological polar surface area (TPSA) is 9.23 Å². The molecule has 0 N–H and O–H groups in total. The van der Waals surface area contributed by atoms with E-state index in [-0.39, 0.29) is 5.38 Å². The standard InChI is InChI=1S/C13H11Cl3OS/c1-7-3-4-10(17-2)8(5-7)12(15)9-6-11(14)18-13(9)16/h3-6,12H,1-2H3. The Bertz CT molecular complexity index is 565. The third-order valence-electron chi connectivity index (χ3n) is 2.61. The van der Waals surface area contributed by atoms with Crippen LogP contribution in [0, 0.1) is 6.92 Å². The first-order valence-corrected chi connectivity index (χ1v) is 7.27. The summed E-state index contributed by atoms with van der Waals surface area (Å²) in [5.74, 6) is 0.749. The smallest absolute Gasteiger partial charge is 0.123 e. The van der Waals surface area contributed by atoms with Crippen LogP contribution < -0.4 is 4.74 Å². The normalized spacial score (nSPS) is 12.5. The number of hydrogen-bond donors (Lipinski definition) is 0. The van der Waals surface area contributed by atoms with Crippen molar-refractivity contribution < 1.29 is 4.74 Å². The summed E-state index contributed by atoms with van der Waals surface area (Å²) in [4.78, 5) is 0. The first kappa shape index (κ1) is 14.0. The molecule has 5 heteroatoms. The SMILES string of the molecule is COc1ccc(C)cc1C(Cl)c1cc(Cl)sc1Cl. The number of aryl methyl sites for hydroxylation is 1. The van der Waals surface area contributed by atoms with E-state index < -0.39 is 0 Å². The van der Waals surface area contributed by atoms with Gasteiger partial charge in [0, 0.05) is 11.1 Å². The maximum Gasteiger partial charge on any atom is 0.123 e. The van der Waals surface area contributed by atoms with Gasteiger partial charge < -0.3 is 4.74 Å². The summed E-state index contributed by atoms with van der Waals surface area (Å²) < 4.78 is 6.58. The monoisotopic (exact) mass is 320 g/mol. The van der Waals surface area contributed by atoms with E-state index in [1.165, 1.54) is 11.3 Å². The van der Waals surface area contributed by atoms with Crippen molar-refractivity contribution in [2.24, 2.45) is 0 Å². The van der Waals surface area contributed by atoms with E-state index in [9.17, 15) is 0 Å². The van der Waals surface area contributed by atoms with Crippen LogP contribution in [0.5, 0.6) is 5.75 Å². The fraction of sp³-hybridized carbons (Fsp3) is 0.231. The maximum atomic E-state index is 6.49. The predicted molar refractivity (Wildman–Crippen MR) is 79.8 cm³/mol. The van der Waals surface area contributed by atoms with Crippen LogP contribution in [0.2, 0.25) is 8.67 Å². The molecule has 1 atom stereocenters. The molecule has 0 aliphatic heterocycles. The van der Waals surface area contributed by atoms with Gasteiger partial charge in [0.15, 0.2) is 0 Å². The van der Waals surface area contributed by atoms with Crippen molar-refractivity contribution in [2.45, 2.75) is 12.3 Å². The van der Waals surface area contributed by atoms with Gasteiger partial charge in [0.05, 0.1) is 21.2 Å². The molecule has 1 heterocycles. The number of halogens is 3. The molecule has 1 aromatic heterocycles. The number of rotatable bonds is 3. The minimum atomic E-state index is -0.365. The Morgan fingerprint density at radius 1 is 1.17 bits per heavy atom. The molecule has 0 fully saturated rings. The third kappa shape index (κ3) is 2.77. The number of hydrogen-bond acceptors (Lipinski definition) is 2. The number of alkyl halides is 1. The number of ether oxygens (including phenoxy) is 1. The molecule has 0 saturated heterocycles. The molecule has 0 radical (unpaired) electrons. The first-order chi connectivity index (χ1) is 8.52. The average molecular weight is 322 g/mol. The van der Waals surface area contributed by atoms with Gasteiger partial charge in [0.25, 0.3) is 0 Å². The van der Waals surface area contributed by atoms with E-state index in [2.05, 4.69) is 0 Å². The Morgan fingerprint density at radius 3 is 2.44 bits per heavy atom. The van der Waals surface area contributed by atoms with Crippen LogP contribution in [0.1, 0.15) is 22.1 Å². The molecule has 0 aliphatic carbocycles. The van der Waals surface area contributed by atoms with E-state index >= 15 is 0 Å². The predicted octanol–water partition coefficient (Wildman–Crippen LogP) is 5.70. The summed E-state index contributed by atoms with van der Waals surface area (Å²) in [6.07, 6.45) is 0. The Kier molecular flexibility index (Phi) is 4.44. The molecule has 0 spiro atoms. The van der Waals surface area contributed by atoms with Gasteiger partial charge in [-0.2, -0.15) is 0 Å².